The van der Waals surface area contributed by atoms with Crippen LogP contribution in [0, 0.1) is 0 Å². The Morgan fingerprint density at radius 3 is 2.37 bits per heavy atom. The third kappa shape index (κ3) is 5.04. The summed E-state index contributed by atoms with van der Waals surface area (Å²) in [5.74, 6) is -1.15. The van der Waals surface area contributed by atoms with Crippen LogP contribution in [-0.4, -0.2) is 91.7 Å². The predicted octanol–water partition coefficient (Wildman–Crippen LogP) is 1.08. The van der Waals surface area contributed by atoms with Gasteiger partial charge in [-0.2, -0.15) is 0 Å². The first kappa shape index (κ1) is 24.0. The highest BCUT2D eigenvalue weighted by Gasteiger charge is 2.40. The van der Waals surface area contributed by atoms with Crippen molar-refractivity contribution in [1.29, 1.82) is 0 Å². The number of benzene rings is 2. The summed E-state index contributed by atoms with van der Waals surface area (Å²) in [5, 5.41) is 11.5. The van der Waals surface area contributed by atoms with Crippen LogP contribution in [0.25, 0.3) is 11.1 Å². The van der Waals surface area contributed by atoms with Gasteiger partial charge in [0.1, 0.15) is 30.8 Å². The van der Waals surface area contributed by atoms with E-state index in [2.05, 4.69) is 5.32 Å². The molecule has 2 N–H and O–H groups in total. The number of hydrogen-bond acceptors (Lipinski definition) is 7. The van der Waals surface area contributed by atoms with E-state index >= 15 is 0 Å². The normalized spacial score (nSPS) is 17.1. The number of fused-ring (bicyclic) bond motifs is 2. The number of carboxylic acids is 1. The molecule has 1 unspecified atom stereocenters. The second-order valence-corrected chi connectivity index (χ2v) is 8.09. The van der Waals surface area contributed by atoms with Gasteiger partial charge in [-0.3, -0.25) is 14.4 Å². The number of rotatable bonds is 7. The standard InChI is InChI=1S/C24H25N3O8/c1-33-16-7-15(8-17(10-16)34-2)14-3-4-19-18(9-14)24(32)27-6-5-26(11-20(27)23(31)25-19)21(28)12-35-13-22(29)30/h3-4,7-10,20H,5-6,11-13H2,1-2H3,(H,25,31)(H,29,30). The molecule has 0 aromatic heterocycles. The van der Waals surface area contributed by atoms with E-state index in [1.807, 2.05) is 12.1 Å². The number of anilines is 1. The van der Waals surface area contributed by atoms with Gasteiger partial charge in [-0.15, -0.1) is 0 Å². The topological polar surface area (TPSA) is 135 Å². The smallest absolute Gasteiger partial charge is 0.329 e. The molecule has 0 bridgehead atoms. The number of nitrogens with zero attached hydrogens (tertiary/aromatic N) is 2. The van der Waals surface area contributed by atoms with Crippen molar-refractivity contribution in [1.82, 2.24) is 9.80 Å². The minimum Gasteiger partial charge on any atom is -0.497 e. The summed E-state index contributed by atoms with van der Waals surface area (Å²) < 4.78 is 15.5. The third-order valence-corrected chi connectivity index (χ3v) is 5.94. The molecule has 35 heavy (non-hydrogen) atoms. The van der Waals surface area contributed by atoms with E-state index in [-0.39, 0.29) is 25.5 Å². The van der Waals surface area contributed by atoms with Crippen LogP contribution in [-0.2, 0) is 19.1 Å². The van der Waals surface area contributed by atoms with Crippen molar-refractivity contribution >= 4 is 29.4 Å². The highest BCUT2D eigenvalue weighted by Crippen LogP contribution is 2.33. The number of hydrogen-bond donors (Lipinski definition) is 2. The van der Waals surface area contributed by atoms with Crippen LogP contribution in [0.2, 0.25) is 0 Å². The van der Waals surface area contributed by atoms with Crippen LogP contribution in [0.15, 0.2) is 36.4 Å². The molecule has 1 atom stereocenters. The minimum atomic E-state index is -1.18. The monoisotopic (exact) mass is 483 g/mol. The van der Waals surface area contributed by atoms with Gasteiger partial charge in [-0.1, -0.05) is 6.07 Å². The fourth-order valence-electron chi connectivity index (χ4n) is 4.15. The average molecular weight is 483 g/mol. The molecule has 2 aromatic carbocycles. The van der Waals surface area contributed by atoms with E-state index in [0.29, 0.717) is 22.7 Å². The number of aliphatic carboxylic acids is 1. The summed E-state index contributed by atoms with van der Waals surface area (Å²) in [4.78, 5) is 52.3. The number of piperazine rings is 1. The van der Waals surface area contributed by atoms with Crippen LogP contribution >= 0.6 is 0 Å². The summed E-state index contributed by atoms with van der Waals surface area (Å²) in [5.41, 5.74) is 2.24. The van der Waals surface area contributed by atoms with Gasteiger partial charge in [0.2, 0.25) is 11.8 Å². The van der Waals surface area contributed by atoms with Gasteiger partial charge >= 0.3 is 5.97 Å². The Morgan fingerprint density at radius 1 is 1.00 bits per heavy atom. The largest absolute Gasteiger partial charge is 0.497 e. The zero-order valence-corrected chi connectivity index (χ0v) is 19.3. The van der Waals surface area contributed by atoms with Crippen molar-refractivity contribution in [3.8, 4) is 22.6 Å². The second kappa shape index (κ2) is 10.0. The number of ether oxygens (including phenoxy) is 3. The first-order chi connectivity index (χ1) is 16.8. The van der Waals surface area contributed by atoms with Crippen molar-refractivity contribution in [2.24, 2.45) is 0 Å². The quantitative estimate of drug-likeness (QED) is 0.597. The molecule has 11 nitrogen and oxygen atoms in total. The zero-order chi connectivity index (χ0) is 25.1. The molecule has 0 saturated carbocycles. The lowest BCUT2D eigenvalue weighted by Crippen LogP contribution is -2.60. The molecule has 11 heteroatoms. The van der Waals surface area contributed by atoms with E-state index in [4.69, 9.17) is 19.3 Å². The zero-order valence-electron chi connectivity index (χ0n) is 19.3. The predicted molar refractivity (Wildman–Crippen MR) is 123 cm³/mol. The third-order valence-electron chi connectivity index (χ3n) is 5.94. The summed E-state index contributed by atoms with van der Waals surface area (Å²) in [7, 11) is 3.11. The van der Waals surface area contributed by atoms with Crippen molar-refractivity contribution in [3.63, 3.8) is 0 Å². The first-order valence-electron chi connectivity index (χ1n) is 10.9. The van der Waals surface area contributed by atoms with E-state index in [9.17, 15) is 19.2 Å². The minimum absolute atomic E-state index is 0.0131. The molecule has 0 aliphatic carbocycles. The van der Waals surface area contributed by atoms with Gasteiger partial charge in [0.05, 0.1) is 32.0 Å². The Kier molecular flexibility index (Phi) is 6.87. The molecular formula is C24H25N3O8. The number of carbonyl (C=O) groups excluding carboxylic acids is 3. The van der Waals surface area contributed by atoms with Crippen LogP contribution in [0.4, 0.5) is 5.69 Å². The molecule has 2 aliphatic rings. The summed E-state index contributed by atoms with van der Waals surface area (Å²) >= 11 is 0. The van der Waals surface area contributed by atoms with Gasteiger partial charge in [-0.25, -0.2) is 4.79 Å². The number of carbonyl (C=O) groups is 4. The average Bonchev–Trinajstić information content (AvgIpc) is 2.97. The maximum atomic E-state index is 13.5. The highest BCUT2D eigenvalue weighted by atomic mass is 16.5. The number of methoxy groups -OCH3 is 2. The van der Waals surface area contributed by atoms with E-state index in [1.54, 1.807) is 38.5 Å². The highest BCUT2D eigenvalue weighted by molar-refractivity contribution is 6.10. The SMILES string of the molecule is COc1cc(OC)cc(-c2ccc3c(c2)C(=O)N2CCN(C(=O)COCC(=O)O)CC2C(=O)N3)c1. The molecular weight excluding hydrogens is 458 g/mol. The number of nitrogens with one attached hydrogen (secondary N) is 1. The van der Waals surface area contributed by atoms with Gasteiger partial charge in [-0.05, 0) is 35.4 Å². The van der Waals surface area contributed by atoms with Crippen LogP contribution in [0.3, 0.4) is 0 Å². The lowest BCUT2D eigenvalue weighted by molar-refractivity contribution is -0.147. The Labute approximate surface area is 201 Å². The maximum absolute atomic E-state index is 13.5. The molecule has 1 saturated heterocycles. The lowest BCUT2D eigenvalue weighted by atomic mass is 10.0. The molecule has 2 aliphatic heterocycles. The van der Waals surface area contributed by atoms with Crippen molar-refractivity contribution in [2.45, 2.75) is 6.04 Å². The Bertz CT molecular complexity index is 1160. The Balaban J connectivity index is 1.57. The van der Waals surface area contributed by atoms with Gasteiger partial charge in [0.15, 0.2) is 0 Å². The fraction of sp³-hybridized carbons (Fsp3) is 0.333. The fourth-order valence-corrected chi connectivity index (χ4v) is 4.15. The van der Waals surface area contributed by atoms with E-state index in [1.165, 1.54) is 9.80 Å². The van der Waals surface area contributed by atoms with E-state index in [0.717, 1.165) is 11.1 Å². The molecule has 3 amide bonds. The molecule has 0 spiro atoms. The van der Waals surface area contributed by atoms with Crippen molar-refractivity contribution < 1.29 is 38.5 Å². The first-order valence-corrected chi connectivity index (χ1v) is 10.9. The Morgan fingerprint density at radius 2 is 1.71 bits per heavy atom. The molecule has 2 heterocycles. The van der Waals surface area contributed by atoms with Gasteiger partial charge < -0.3 is 34.4 Å². The van der Waals surface area contributed by atoms with Crippen molar-refractivity contribution in [3.05, 3.63) is 42.0 Å². The summed E-state index contributed by atoms with van der Waals surface area (Å²) in [6.07, 6.45) is 0. The van der Waals surface area contributed by atoms with Crippen LogP contribution < -0.4 is 14.8 Å². The van der Waals surface area contributed by atoms with E-state index < -0.39 is 37.0 Å². The Hall–Kier alpha value is -4.12. The molecule has 0 radical (unpaired) electrons. The van der Waals surface area contributed by atoms with Gasteiger partial charge in [0, 0.05) is 19.2 Å². The molecule has 4 rings (SSSR count). The van der Waals surface area contributed by atoms with Crippen LogP contribution in [0.1, 0.15) is 10.4 Å². The van der Waals surface area contributed by atoms with Gasteiger partial charge in [0.25, 0.3) is 5.91 Å². The molecule has 2 aromatic rings. The number of amides is 3. The lowest BCUT2D eigenvalue weighted by Gasteiger charge is -2.39. The molecule has 184 valence electrons. The second-order valence-electron chi connectivity index (χ2n) is 8.09. The van der Waals surface area contributed by atoms with Crippen LogP contribution in [0.5, 0.6) is 11.5 Å². The maximum Gasteiger partial charge on any atom is 0.329 e. The summed E-state index contributed by atoms with van der Waals surface area (Å²) in [6.45, 7) is -0.668. The molecule has 1 fully saturated rings. The summed E-state index contributed by atoms with van der Waals surface area (Å²) in [6, 6.07) is 9.69. The van der Waals surface area contributed by atoms with Crippen molar-refractivity contribution in [2.75, 3.05) is 52.4 Å². The number of carboxylic acid groups (broad SMARTS) is 1.